The minimum atomic E-state index is -0.981. The fourth-order valence-electron chi connectivity index (χ4n) is 2.45. The second-order valence-corrected chi connectivity index (χ2v) is 6.06. The van der Waals surface area contributed by atoms with Gasteiger partial charge in [-0.2, -0.15) is 0 Å². The smallest absolute Gasteiger partial charge is 0.338 e. The molecule has 1 amide bonds. The van der Waals surface area contributed by atoms with Gasteiger partial charge in [0.15, 0.2) is 6.10 Å². The Morgan fingerprint density at radius 2 is 1.86 bits per heavy atom. The summed E-state index contributed by atoms with van der Waals surface area (Å²) in [4.78, 5) is 24.5. The third-order valence-electron chi connectivity index (χ3n) is 4.01. The van der Waals surface area contributed by atoms with Gasteiger partial charge in [-0.15, -0.1) is 0 Å². The zero-order valence-corrected chi connectivity index (χ0v) is 16.2. The van der Waals surface area contributed by atoms with E-state index in [0.29, 0.717) is 30.1 Å². The van der Waals surface area contributed by atoms with Gasteiger partial charge in [0.2, 0.25) is 0 Å². The highest BCUT2D eigenvalue weighted by atomic mass is 19.1. The Morgan fingerprint density at radius 1 is 1.14 bits per heavy atom. The van der Waals surface area contributed by atoms with Gasteiger partial charge in [-0.3, -0.25) is 4.79 Å². The summed E-state index contributed by atoms with van der Waals surface area (Å²) < 4.78 is 28.8. The second kappa shape index (κ2) is 10.4. The number of hydrogen-bond donors (Lipinski definition) is 1. The molecule has 7 heteroatoms. The van der Waals surface area contributed by atoms with Gasteiger partial charge < -0.3 is 19.5 Å². The van der Waals surface area contributed by atoms with Crippen LogP contribution in [-0.2, 0) is 27.4 Å². The quantitative estimate of drug-likeness (QED) is 0.667. The summed E-state index contributed by atoms with van der Waals surface area (Å²) >= 11 is 0. The van der Waals surface area contributed by atoms with E-state index in [0.717, 1.165) is 5.56 Å². The molecule has 0 aliphatic carbocycles. The normalized spacial score (nSPS) is 11.6. The van der Waals surface area contributed by atoms with E-state index in [1.807, 2.05) is 6.92 Å². The molecule has 6 nitrogen and oxygen atoms in total. The van der Waals surface area contributed by atoms with E-state index in [-0.39, 0.29) is 12.4 Å². The number of methoxy groups -OCH3 is 1. The predicted molar refractivity (Wildman–Crippen MR) is 101 cm³/mol. The van der Waals surface area contributed by atoms with Crippen molar-refractivity contribution >= 4 is 11.9 Å². The summed E-state index contributed by atoms with van der Waals surface area (Å²) in [5, 5.41) is 2.65. The van der Waals surface area contributed by atoms with E-state index >= 15 is 0 Å². The topological polar surface area (TPSA) is 73.9 Å². The molecule has 1 N–H and O–H groups in total. The van der Waals surface area contributed by atoms with Crippen LogP contribution in [0.1, 0.15) is 35.3 Å². The summed E-state index contributed by atoms with van der Waals surface area (Å²) in [6.45, 7) is 4.40. The fourth-order valence-corrected chi connectivity index (χ4v) is 2.45. The molecule has 28 heavy (non-hydrogen) atoms. The molecule has 0 spiro atoms. The van der Waals surface area contributed by atoms with Gasteiger partial charge in [0, 0.05) is 18.7 Å². The Morgan fingerprint density at radius 3 is 2.50 bits per heavy atom. The maximum absolute atomic E-state index is 12.9. The van der Waals surface area contributed by atoms with Crippen LogP contribution in [0.25, 0.3) is 0 Å². The molecule has 2 aromatic rings. The molecule has 0 unspecified atom stereocenters. The van der Waals surface area contributed by atoms with Gasteiger partial charge in [-0.1, -0.05) is 12.1 Å². The maximum atomic E-state index is 12.9. The first kappa shape index (κ1) is 21.4. The van der Waals surface area contributed by atoms with Crippen LogP contribution < -0.4 is 10.1 Å². The first-order valence-corrected chi connectivity index (χ1v) is 8.92. The Kier molecular flexibility index (Phi) is 7.95. The van der Waals surface area contributed by atoms with Crippen LogP contribution in [0.2, 0.25) is 0 Å². The van der Waals surface area contributed by atoms with E-state index in [2.05, 4.69) is 5.32 Å². The van der Waals surface area contributed by atoms with Crippen LogP contribution in [0.4, 0.5) is 4.39 Å². The molecule has 2 aromatic carbocycles. The van der Waals surface area contributed by atoms with Gasteiger partial charge in [-0.25, -0.2) is 9.18 Å². The first-order chi connectivity index (χ1) is 13.4. The molecule has 0 fully saturated rings. The lowest BCUT2D eigenvalue weighted by Crippen LogP contribution is -2.35. The van der Waals surface area contributed by atoms with E-state index in [1.54, 1.807) is 30.3 Å². The molecule has 0 aromatic heterocycles. The van der Waals surface area contributed by atoms with Crippen LogP contribution in [0.5, 0.6) is 5.75 Å². The number of amides is 1. The van der Waals surface area contributed by atoms with Crippen LogP contribution >= 0.6 is 0 Å². The van der Waals surface area contributed by atoms with Gasteiger partial charge in [-0.05, 0) is 49.7 Å². The highest BCUT2D eigenvalue weighted by molar-refractivity contribution is 5.92. The van der Waals surface area contributed by atoms with Gasteiger partial charge in [0.05, 0.1) is 19.3 Å². The summed E-state index contributed by atoms with van der Waals surface area (Å²) in [7, 11) is 1.54. The highest BCUT2D eigenvalue weighted by Crippen LogP contribution is 2.21. The third kappa shape index (κ3) is 6.06. The van der Waals surface area contributed by atoms with E-state index in [9.17, 15) is 14.0 Å². The van der Waals surface area contributed by atoms with Crippen molar-refractivity contribution in [1.82, 2.24) is 5.32 Å². The Labute approximate surface area is 163 Å². The number of benzene rings is 2. The van der Waals surface area contributed by atoms with E-state index < -0.39 is 18.0 Å². The fraction of sp³-hybridized carbons (Fsp3) is 0.333. The molecule has 0 saturated heterocycles. The zero-order chi connectivity index (χ0) is 20.5. The van der Waals surface area contributed by atoms with Crippen molar-refractivity contribution in [2.75, 3.05) is 13.7 Å². The van der Waals surface area contributed by atoms with Gasteiger partial charge >= 0.3 is 5.97 Å². The Hall–Kier alpha value is -2.93. The van der Waals surface area contributed by atoms with E-state index in [1.165, 1.54) is 26.2 Å². The Balaban J connectivity index is 1.95. The summed E-state index contributed by atoms with van der Waals surface area (Å²) in [6, 6.07) is 10.6. The highest BCUT2D eigenvalue weighted by Gasteiger charge is 2.19. The van der Waals surface area contributed by atoms with E-state index in [4.69, 9.17) is 14.2 Å². The minimum Gasteiger partial charge on any atom is -0.496 e. The van der Waals surface area contributed by atoms with Crippen molar-refractivity contribution in [1.29, 1.82) is 0 Å². The minimum absolute atomic E-state index is 0.210. The van der Waals surface area contributed by atoms with Crippen molar-refractivity contribution < 1.29 is 28.2 Å². The number of ether oxygens (including phenoxy) is 3. The van der Waals surface area contributed by atoms with Gasteiger partial charge in [0.1, 0.15) is 11.6 Å². The Bertz CT molecular complexity index is 807. The van der Waals surface area contributed by atoms with Gasteiger partial charge in [0.25, 0.3) is 5.91 Å². The van der Waals surface area contributed by atoms with Crippen LogP contribution in [0.3, 0.4) is 0 Å². The zero-order valence-electron chi connectivity index (χ0n) is 16.2. The lowest BCUT2D eigenvalue weighted by molar-refractivity contribution is -0.129. The van der Waals surface area contributed by atoms with Crippen molar-refractivity contribution in [3.63, 3.8) is 0 Å². The van der Waals surface area contributed by atoms with Crippen molar-refractivity contribution in [2.24, 2.45) is 0 Å². The van der Waals surface area contributed by atoms with Crippen LogP contribution in [0.15, 0.2) is 42.5 Å². The standard InChI is InChI=1S/C21H24FNO5/c1-4-27-13-17-11-16(7-10-19(17)26-3)21(25)28-14(2)20(24)23-12-15-5-8-18(22)9-6-15/h5-11,14H,4,12-13H2,1-3H3,(H,23,24)/t14-/m0/s1. The number of halogens is 1. The van der Waals surface area contributed by atoms with Crippen LogP contribution in [-0.4, -0.2) is 31.7 Å². The number of rotatable bonds is 9. The molecule has 0 radical (unpaired) electrons. The molecule has 2 rings (SSSR count). The average molecular weight is 389 g/mol. The molecule has 0 bridgehead atoms. The molecule has 150 valence electrons. The number of esters is 1. The van der Waals surface area contributed by atoms with Crippen molar-refractivity contribution in [3.05, 3.63) is 65.0 Å². The van der Waals surface area contributed by atoms with Crippen molar-refractivity contribution in [2.45, 2.75) is 33.1 Å². The summed E-state index contributed by atoms with van der Waals surface area (Å²) in [5.41, 5.74) is 1.75. The molecule has 0 heterocycles. The maximum Gasteiger partial charge on any atom is 0.338 e. The number of hydrogen-bond acceptors (Lipinski definition) is 5. The molecule has 0 saturated carbocycles. The molecular formula is C21H24FNO5. The van der Waals surface area contributed by atoms with Crippen LogP contribution in [0, 0.1) is 5.82 Å². The van der Waals surface area contributed by atoms with Crippen molar-refractivity contribution in [3.8, 4) is 5.75 Å². The second-order valence-electron chi connectivity index (χ2n) is 6.06. The number of nitrogens with one attached hydrogen (secondary N) is 1. The lowest BCUT2D eigenvalue weighted by Gasteiger charge is -2.15. The molecule has 0 aliphatic rings. The lowest BCUT2D eigenvalue weighted by atomic mass is 10.1. The average Bonchev–Trinajstić information content (AvgIpc) is 2.71. The molecular weight excluding hydrogens is 365 g/mol. The number of carbonyl (C=O) groups is 2. The predicted octanol–water partition coefficient (Wildman–Crippen LogP) is 3.23. The third-order valence-corrected chi connectivity index (χ3v) is 4.01. The number of carbonyl (C=O) groups excluding carboxylic acids is 2. The first-order valence-electron chi connectivity index (χ1n) is 8.92. The molecule has 0 aliphatic heterocycles. The summed E-state index contributed by atoms with van der Waals surface area (Å²) in [6.07, 6.45) is -0.981. The largest absolute Gasteiger partial charge is 0.496 e. The summed E-state index contributed by atoms with van der Waals surface area (Å²) in [5.74, 6) is -0.804. The SMILES string of the molecule is CCOCc1cc(C(=O)O[C@@H](C)C(=O)NCc2ccc(F)cc2)ccc1OC. The monoisotopic (exact) mass is 389 g/mol. The molecule has 1 atom stereocenters.